The van der Waals surface area contributed by atoms with Crippen LogP contribution >= 0.6 is 0 Å². The minimum absolute atomic E-state index is 0.220. The van der Waals surface area contributed by atoms with E-state index in [0.29, 0.717) is 19.6 Å². The number of nitrogens with two attached hydrogens (primary N) is 1. The number of hydrogen-bond acceptors (Lipinski definition) is 5. The van der Waals surface area contributed by atoms with Gasteiger partial charge in [-0.3, -0.25) is 14.4 Å². The van der Waals surface area contributed by atoms with Crippen LogP contribution in [0.3, 0.4) is 0 Å². The third-order valence-electron chi connectivity index (χ3n) is 6.31. The molecule has 1 saturated heterocycles. The molecule has 0 saturated carbocycles. The number of ether oxygens (including phenoxy) is 1. The number of carbonyl (C=O) groups is 3. The van der Waals surface area contributed by atoms with E-state index < -0.39 is 23.8 Å². The van der Waals surface area contributed by atoms with E-state index >= 15 is 0 Å². The molecule has 8 heteroatoms. The molecule has 2 aromatic rings. The van der Waals surface area contributed by atoms with Crippen LogP contribution in [0.1, 0.15) is 37.3 Å². The highest BCUT2D eigenvalue weighted by molar-refractivity contribution is 5.91. The van der Waals surface area contributed by atoms with E-state index in [4.69, 9.17) is 10.5 Å². The van der Waals surface area contributed by atoms with Gasteiger partial charge in [0.25, 0.3) is 0 Å². The van der Waals surface area contributed by atoms with Crippen molar-refractivity contribution in [2.24, 2.45) is 11.7 Å². The van der Waals surface area contributed by atoms with Crippen LogP contribution in [0.25, 0.3) is 0 Å². The van der Waals surface area contributed by atoms with Gasteiger partial charge in [-0.15, -0.1) is 0 Å². The van der Waals surface area contributed by atoms with Gasteiger partial charge in [0.15, 0.2) is 0 Å². The van der Waals surface area contributed by atoms with Crippen molar-refractivity contribution in [1.82, 2.24) is 15.5 Å². The van der Waals surface area contributed by atoms with Crippen molar-refractivity contribution in [2.45, 2.75) is 45.3 Å². The number of hydrogen-bond donors (Lipinski definition) is 3. The summed E-state index contributed by atoms with van der Waals surface area (Å²) in [6.45, 7) is 5.57. The Balaban J connectivity index is 1.56. The third-order valence-corrected chi connectivity index (χ3v) is 6.31. The summed E-state index contributed by atoms with van der Waals surface area (Å²) >= 11 is 0. The lowest BCUT2D eigenvalue weighted by Gasteiger charge is -2.21. The summed E-state index contributed by atoms with van der Waals surface area (Å²) in [7, 11) is 0. The van der Waals surface area contributed by atoms with E-state index in [1.165, 1.54) is 19.3 Å². The number of amides is 3. The molecular formula is C28H37N4O4. The molecule has 1 fully saturated rings. The van der Waals surface area contributed by atoms with Crippen molar-refractivity contribution in [3.8, 4) is 5.75 Å². The minimum atomic E-state index is -0.743. The van der Waals surface area contributed by atoms with E-state index in [9.17, 15) is 14.4 Å². The van der Waals surface area contributed by atoms with E-state index in [0.717, 1.165) is 36.5 Å². The van der Waals surface area contributed by atoms with Gasteiger partial charge in [0.2, 0.25) is 17.7 Å². The van der Waals surface area contributed by atoms with Gasteiger partial charge in [0.05, 0.1) is 6.42 Å². The lowest BCUT2D eigenvalue weighted by molar-refractivity contribution is -0.128. The summed E-state index contributed by atoms with van der Waals surface area (Å²) in [5, 5.41) is 5.76. The van der Waals surface area contributed by atoms with Crippen molar-refractivity contribution in [2.75, 3.05) is 26.2 Å². The Kier molecular flexibility index (Phi) is 10.8. The van der Waals surface area contributed by atoms with Crippen molar-refractivity contribution in [1.29, 1.82) is 0 Å². The topological polar surface area (TPSA) is 114 Å². The van der Waals surface area contributed by atoms with Crippen molar-refractivity contribution in [3.05, 3.63) is 72.1 Å². The highest BCUT2D eigenvalue weighted by atomic mass is 16.5. The van der Waals surface area contributed by atoms with Crippen molar-refractivity contribution < 1.29 is 19.1 Å². The number of primary amides is 1. The summed E-state index contributed by atoms with van der Waals surface area (Å²) in [4.78, 5) is 39.1. The number of carbonyl (C=O) groups excluding carboxylic acids is 3. The van der Waals surface area contributed by atoms with Gasteiger partial charge in [0, 0.05) is 25.4 Å². The van der Waals surface area contributed by atoms with Crippen LogP contribution in [0.15, 0.2) is 54.6 Å². The molecule has 193 valence electrons. The first-order chi connectivity index (χ1) is 17.4. The highest BCUT2D eigenvalue weighted by Gasteiger charge is 2.22. The van der Waals surface area contributed by atoms with Crippen LogP contribution < -0.4 is 21.1 Å². The van der Waals surface area contributed by atoms with Crippen LogP contribution in [-0.2, 0) is 27.4 Å². The molecule has 0 spiro atoms. The number of benzene rings is 2. The Morgan fingerprint density at radius 3 is 2.39 bits per heavy atom. The molecule has 3 rings (SSSR count). The quantitative estimate of drug-likeness (QED) is 0.373. The molecule has 3 amide bonds. The summed E-state index contributed by atoms with van der Waals surface area (Å²) in [6, 6.07) is 16.7. The van der Waals surface area contributed by atoms with Gasteiger partial charge in [0.1, 0.15) is 18.4 Å². The first-order valence-corrected chi connectivity index (χ1v) is 12.6. The van der Waals surface area contributed by atoms with Crippen LogP contribution in [-0.4, -0.2) is 54.8 Å². The van der Waals surface area contributed by atoms with Gasteiger partial charge >= 0.3 is 0 Å². The molecule has 1 radical (unpaired) electrons. The van der Waals surface area contributed by atoms with Crippen molar-refractivity contribution in [3.63, 3.8) is 0 Å². The smallest absolute Gasteiger partial charge is 0.242 e. The fraction of sp³-hybridized carbons (Fsp3) is 0.429. The maximum absolute atomic E-state index is 13.0. The first-order valence-electron chi connectivity index (χ1n) is 12.6. The lowest BCUT2D eigenvalue weighted by atomic mass is 10.0. The zero-order chi connectivity index (χ0) is 25.8. The number of rotatable bonds is 14. The Hall–Kier alpha value is -3.39. The zero-order valence-corrected chi connectivity index (χ0v) is 20.9. The second kappa shape index (κ2) is 14.2. The molecule has 1 heterocycles. The first kappa shape index (κ1) is 27.2. The summed E-state index contributed by atoms with van der Waals surface area (Å²) in [6.07, 6.45) is 4.31. The summed E-state index contributed by atoms with van der Waals surface area (Å²) in [5.41, 5.74) is 7.25. The number of likely N-dealkylation sites (tertiary alicyclic amines) is 1. The maximum Gasteiger partial charge on any atom is 0.242 e. The second-order valence-electron chi connectivity index (χ2n) is 9.27. The predicted molar refractivity (Wildman–Crippen MR) is 139 cm³/mol. The average molecular weight is 494 g/mol. The number of nitrogens with one attached hydrogen (secondary N) is 2. The van der Waals surface area contributed by atoms with Crippen LogP contribution in [0.2, 0.25) is 0 Å². The lowest BCUT2D eigenvalue weighted by Crippen LogP contribution is -2.49. The molecule has 2 unspecified atom stereocenters. The van der Waals surface area contributed by atoms with E-state index in [1.807, 2.05) is 54.6 Å². The molecule has 2 atom stereocenters. The Morgan fingerprint density at radius 1 is 1.03 bits per heavy atom. The Morgan fingerprint density at radius 2 is 1.72 bits per heavy atom. The molecular weight excluding hydrogens is 456 g/mol. The monoisotopic (exact) mass is 493 g/mol. The van der Waals surface area contributed by atoms with E-state index in [-0.39, 0.29) is 12.3 Å². The molecule has 0 aliphatic carbocycles. The van der Waals surface area contributed by atoms with E-state index in [2.05, 4.69) is 15.5 Å². The second-order valence-corrected chi connectivity index (χ2v) is 9.27. The molecule has 8 nitrogen and oxygen atoms in total. The maximum atomic E-state index is 13.0. The van der Waals surface area contributed by atoms with Crippen LogP contribution in [0.4, 0.5) is 0 Å². The van der Waals surface area contributed by atoms with Crippen molar-refractivity contribution >= 4 is 17.7 Å². The zero-order valence-electron chi connectivity index (χ0n) is 20.9. The molecule has 0 bridgehead atoms. The van der Waals surface area contributed by atoms with Gasteiger partial charge < -0.3 is 26.0 Å². The average Bonchev–Trinajstić information content (AvgIpc) is 3.40. The molecule has 0 aromatic heterocycles. The predicted octanol–water partition coefficient (Wildman–Crippen LogP) is 2.22. The van der Waals surface area contributed by atoms with E-state index in [1.54, 1.807) is 6.92 Å². The molecule has 36 heavy (non-hydrogen) atoms. The third kappa shape index (κ3) is 9.34. The number of nitrogens with zero attached hydrogens (tertiary/aromatic N) is 1. The fourth-order valence-electron chi connectivity index (χ4n) is 4.00. The van der Waals surface area contributed by atoms with Gasteiger partial charge in [-0.1, -0.05) is 49.4 Å². The van der Waals surface area contributed by atoms with Gasteiger partial charge in [-0.05, 0) is 55.6 Å². The standard InChI is InChI=1S/C28H37N4O4/c1-21(27(29)34)9-14-26(33)31-25(28(35)30-15-18-32-16-5-6-17-32)19-22-10-12-24(13-11-22)36-20-23-7-3-2-4-8-23/h2-4,7-8,10-14,21,25H,5-6,9,15-20H2,1H3,(H2,29,34)(H,30,35)(H,31,33). The van der Waals surface area contributed by atoms with Gasteiger partial charge in [-0.25, -0.2) is 0 Å². The van der Waals surface area contributed by atoms with Crippen LogP contribution in [0.5, 0.6) is 5.75 Å². The largest absolute Gasteiger partial charge is 0.489 e. The molecule has 2 aromatic carbocycles. The summed E-state index contributed by atoms with van der Waals surface area (Å²) < 4.78 is 5.84. The molecule has 1 aliphatic heterocycles. The van der Waals surface area contributed by atoms with Crippen LogP contribution in [0, 0.1) is 12.3 Å². The Labute approximate surface area is 213 Å². The summed E-state index contributed by atoms with van der Waals surface area (Å²) in [5.74, 6) is -0.822. The molecule has 1 aliphatic rings. The minimum Gasteiger partial charge on any atom is -0.489 e. The highest BCUT2D eigenvalue weighted by Crippen LogP contribution is 2.16. The fourth-order valence-corrected chi connectivity index (χ4v) is 4.00. The Bertz CT molecular complexity index is 975. The van der Waals surface area contributed by atoms with Gasteiger partial charge in [-0.2, -0.15) is 0 Å². The SMILES string of the molecule is CC(C[CH]C(=O)NC(Cc1ccc(OCc2ccccc2)cc1)C(=O)NCCN1CCCC1)C(N)=O. The molecule has 4 N–H and O–H groups in total. The normalized spacial score (nSPS) is 15.1.